The minimum atomic E-state index is -0.562. The van der Waals surface area contributed by atoms with E-state index >= 15 is 0 Å². The Morgan fingerprint density at radius 1 is 1.10 bits per heavy atom. The Labute approximate surface area is 168 Å². The summed E-state index contributed by atoms with van der Waals surface area (Å²) in [7, 11) is 3.02. The minimum Gasteiger partial charge on any atom is -0.633 e. The van der Waals surface area contributed by atoms with E-state index in [0.29, 0.717) is 30.0 Å². The highest BCUT2D eigenvalue weighted by Gasteiger charge is 2.22. The van der Waals surface area contributed by atoms with E-state index in [2.05, 4.69) is 4.98 Å². The monoisotopic (exact) mass is 401 g/mol. The quantitative estimate of drug-likeness (QED) is 0.433. The molecule has 9 heteroatoms. The third-order valence-corrected chi connectivity index (χ3v) is 5.45. The van der Waals surface area contributed by atoms with Gasteiger partial charge < -0.3 is 19.5 Å². The van der Waals surface area contributed by atoms with Gasteiger partial charge in [0, 0.05) is 20.5 Å². The Kier molecular flexibility index (Phi) is 6.02. The second kappa shape index (κ2) is 8.32. The summed E-state index contributed by atoms with van der Waals surface area (Å²) < 4.78 is 3.60. The predicted molar refractivity (Wildman–Crippen MR) is 110 cm³/mol. The molecule has 9 nitrogen and oxygen atoms in total. The second-order valence-electron chi connectivity index (χ2n) is 7.27. The first-order chi connectivity index (χ1) is 13.8. The number of hydrogen-bond donors (Lipinski definition) is 1. The van der Waals surface area contributed by atoms with Gasteiger partial charge in [-0.1, -0.05) is 30.3 Å². The van der Waals surface area contributed by atoms with Gasteiger partial charge >= 0.3 is 5.69 Å². The molecule has 2 aromatic heterocycles. The smallest absolute Gasteiger partial charge is 0.332 e. The molecule has 0 amide bonds. The molecule has 0 aliphatic carbocycles. The largest absolute Gasteiger partial charge is 0.633 e. The highest BCUT2D eigenvalue weighted by Crippen LogP contribution is 2.16. The predicted octanol–water partition coefficient (Wildman–Crippen LogP) is 0.351. The van der Waals surface area contributed by atoms with Crippen molar-refractivity contribution in [1.82, 2.24) is 18.7 Å². The highest BCUT2D eigenvalue weighted by atomic mass is 16.5. The molecule has 156 valence electrons. The third-order valence-electron chi connectivity index (χ3n) is 5.45. The molecule has 0 spiro atoms. The SMILES string of the molecule is CC[N+]([O-])(CCO)CCn1c(Cc2ccccc2)nc2c1c(=O)n(C)c(=O)n2C. The van der Waals surface area contributed by atoms with Gasteiger partial charge in [-0.05, 0) is 12.5 Å². The molecule has 0 aliphatic heterocycles. The Bertz CT molecular complexity index is 1120. The first-order valence-corrected chi connectivity index (χ1v) is 9.68. The van der Waals surface area contributed by atoms with Gasteiger partial charge in [0.1, 0.15) is 12.4 Å². The molecule has 1 atom stereocenters. The Balaban J connectivity index is 2.14. The van der Waals surface area contributed by atoms with Gasteiger partial charge in [-0.15, -0.1) is 0 Å². The van der Waals surface area contributed by atoms with Crippen molar-refractivity contribution in [2.24, 2.45) is 14.1 Å². The van der Waals surface area contributed by atoms with Crippen LogP contribution in [0.1, 0.15) is 18.3 Å². The van der Waals surface area contributed by atoms with Gasteiger partial charge in [0.25, 0.3) is 5.56 Å². The van der Waals surface area contributed by atoms with E-state index in [1.807, 2.05) is 30.3 Å². The number of quaternary nitrogens is 1. The number of aryl methyl sites for hydroxylation is 1. The van der Waals surface area contributed by atoms with Crippen molar-refractivity contribution < 1.29 is 9.75 Å². The number of aliphatic hydroxyl groups is 1. The van der Waals surface area contributed by atoms with Crippen molar-refractivity contribution in [3.05, 3.63) is 67.8 Å². The third kappa shape index (κ3) is 4.02. The van der Waals surface area contributed by atoms with E-state index in [9.17, 15) is 19.9 Å². The normalized spacial score (nSPS) is 13.7. The van der Waals surface area contributed by atoms with Crippen molar-refractivity contribution in [3.63, 3.8) is 0 Å². The number of likely N-dealkylation sites (N-methyl/N-ethyl adjacent to an activating group) is 1. The molecule has 0 radical (unpaired) electrons. The number of hydrogen-bond acceptors (Lipinski definition) is 5. The molecule has 1 aromatic carbocycles. The summed E-state index contributed by atoms with van der Waals surface area (Å²) in [4.78, 5) is 29.8. The van der Waals surface area contributed by atoms with Crippen LogP contribution in [0.15, 0.2) is 39.9 Å². The van der Waals surface area contributed by atoms with Crippen LogP contribution in [-0.4, -0.2) is 54.7 Å². The van der Waals surface area contributed by atoms with Crippen LogP contribution in [0.5, 0.6) is 0 Å². The summed E-state index contributed by atoms with van der Waals surface area (Å²) >= 11 is 0. The summed E-state index contributed by atoms with van der Waals surface area (Å²) in [5.74, 6) is 0.621. The molecular formula is C20H27N5O4. The van der Waals surface area contributed by atoms with Crippen molar-refractivity contribution in [3.8, 4) is 0 Å². The van der Waals surface area contributed by atoms with Crippen molar-refractivity contribution in [2.45, 2.75) is 19.9 Å². The maximum absolute atomic E-state index is 12.9. The first kappa shape index (κ1) is 21.0. The number of hydroxylamine groups is 3. The second-order valence-corrected chi connectivity index (χ2v) is 7.27. The molecule has 0 fully saturated rings. The Hall–Kier alpha value is -2.75. The van der Waals surface area contributed by atoms with Crippen molar-refractivity contribution >= 4 is 11.2 Å². The van der Waals surface area contributed by atoms with Gasteiger partial charge in [-0.3, -0.25) is 13.9 Å². The summed E-state index contributed by atoms with van der Waals surface area (Å²) in [6.07, 6.45) is 0.470. The maximum atomic E-state index is 12.9. The number of fused-ring (bicyclic) bond motifs is 1. The highest BCUT2D eigenvalue weighted by molar-refractivity contribution is 5.71. The number of imidazole rings is 1. The molecule has 0 aliphatic rings. The molecule has 0 bridgehead atoms. The average Bonchev–Trinajstić information content (AvgIpc) is 3.08. The van der Waals surface area contributed by atoms with E-state index in [0.717, 1.165) is 10.1 Å². The van der Waals surface area contributed by atoms with E-state index in [1.54, 1.807) is 18.5 Å². The van der Waals surface area contributed by atoms with Crippen LogP contribution in [-0.2, 0) is 27.1 Å². The van der Waals surface area contributed by atoms with Crippen LogP contribution in [0, 0.1) is 5.21 Å². The summed E-state index contributed by atoms with van der Waals surface area (Å²) in [6.45, 7) is 2.45. The van der Waals surface area contributed by atoms with Crippen LogP contribution in [0.25, 0.3) is 11.2 Å². The molecule has 3 aromatic rings. The van der Waals surface area contributed by atoms with Gasteiger partial charge in [0.05, 0.1) is 26.2 Å². The summed E-state index contributed by atoms with van der Waals surface area (Å²) in [5, 5.41) is 22.1. The van der Waals surface area contributed by atoms with Gasteiger partial charge in [-0.2, -0.15) is 0 Å². The van der Waals surface area contributed by atoms with Crippen LogP contribution < -0.4 is 11.2 Å². The summed E-state index contributed by atoms with van der Waals surface area (Å²) in [5.41, 5.74) is 0.761. The standard InChI is InChI=1S/C20H27N5O4/c1-4-25(29,12-13-26)11-10-24-16(14-15-8-6-5-7-9-15)21-18-17(24)19(27)23(3)20(28)22(18)2/h5-9,26H,4,10-14H2,1-3H3. The molecule has 3 rings (SSSR count). The molecule has 1 unspecified atom stereocenters. The molecule has 29 heavy (non-hydrogen) atoms. The zero-order valence-electron chi connectivity index (χ0n) is 17.0. The topological polar surface area (TPSA) is 105 Å². The van der Waals surface area contributed by atoms with E-state index in [1.165, 1.54) is 11.6 Å². The molecule has 2 heterocycles. The number of rotatable bonds is 8. The molecule has 0 saturated heterocycles. The summed E-state index contributed by atoms with van der Waals surface area (Å²) in [6, 6.07) is 9.70. The maximum Gasteiger partial charge on any atom is 0.332 e. The molecular weight excluding hydrogens is 374 g/mol. The van der Waals surface area contributed by atoms with Crippen LogP contribution >= 0.6 is 0 Å². The lowest BCUT2D eigenvalue weighted by Gasteiger charge is -2.41. The first-order valence-electron chi connectivity index (χ1n) is 9.68. The zero-order valence-corrected chi connectivity index (χ0v) is 17.0. The van der Waals surface area contributed by atoms with Gasteiger partial charge in [0.15, 0.2) is 11.2 Å². The minimum absolute atomic E-state index is 0.0909. The average molecular weight is 401 g/mol. The fourth-order valence-electron chi connectivity index (χ4n) is 3.54. The lowest BCUT2D eigenvalue weighted by molar-refractivity contribution is -0.879. The Morgan fingerprint density at radius 3 is 2.41 bits per heavy atom. The zero-order chi connectivity index (χ0) is 21.2. The van der Waals surface area contributed by atoms with Crippen LogP contribution in [0.2, 0.25) is 0 Å². The number of benzene rings is 1. The lowest BCUT2D eigenvalue weighted by Crippen LogP contribution is -2.46. The molecule has 1 N–H and O–H groups in total. The Morgan fingerprint density at radius 2 is 1.79 bits per heavy atom. The van der Waals surface area contributed by atoms with E-state index < -0.39 is 15.9 Å². The van der Waals surface area contributed by atoms with Gasteiger partial charge in [0.2, 0.25) is 0 Å². The van der Waals surface area contributed by atoms with Gasteiger partial charge in [-0.25, -0.2) is 9.78 Å². The number of nitrogens with zero attached hydrogens (tertiary/aromatic N) is 5. The fraction of sp³-hybridized carbons (Fsp3) is 0.450. The lowest BCUT2D eigenvalue weighted by atomic mass is 10.1. The van der Waals surface area contributed by atoms with Crippen molar-refractivity contribution in [1.29, 1.82) is 0 Å². The van der Waals surface area contributed by atoms with E-state index in [-0.39, 0.29) is 26.2 Å². The van der Waals surface area contributed by atoms with E-state index in [4.69, 9.17) is 0 Å². The van der Waals surface area contributed by atoms with Crippen LogP contribution in [0.3, 0.4) is 0 Å². The fourth-order valence-corrected chi connectivity index (χ4v) is 3.54. The van der Waals surface area contributed by atoms with Crippen LogP contribution in [0.4, 0.5) is 0 Å². The van der Waals surface area contributed by atoms with Crippen molar-refractivity contribution in [2.75, 3.05) is 26.2 Å². The number of aliphatic hydroxyl groups excluding tert-OH is 1. The molecule has 0 saturated carbocycles. The number of aromatic nitrogens is 4.